The highest BCUT2D eigenvalue weighted by Crippen LogP contribution is 2.25. The zero-order valence-electron chi connectivity index (χ0n) is 27.6. The second-order valence-electron chi connectivity index (χ2n) is 12.9. The van der Waals surface area contributed by atoms with Crippen LogP contribution in [-0.2, 0) is 6.54 Å². The van der Waals surface area contributed by atoms with E-state index < -0.39 is 6.09 Å². The van der Waals surface area contributed by atoms with Crippen LogP contribution >= 0.6 is 0 Å². The van der Waals surface area contributed by atoms with E-state index in [1.807, 2.05) is 67.6 Å². The van der Waals surface area contributed by atoms with Crippen molar-refractivity contribution in [3.8, 4) is 23.3 Å². The van der Waals surface area contributed by atoms with Crippen LogP contribution in [-0.4, -0.2) is 64.6 Å². The lowest BCUT2D eigenvalue weighted by molar-refractivity contribution is 0.102. The van der Waals surface area contributed by atoms with E-state index in [1.54, 1.807) is 23.2 Å². The second-order valence-corrected chi connectivity index (χ2v) is 12.9. The number of piperidine rings is 2. The molecule has 2 fully saturated rings. The van der Waals surface area contributed by atoms with Crippen molar-refractivity contribution >= 4 is 17.7 Å². The van der Waals surface area contributed by atoms with Gasteiger partial charge in [0.2, 0.25) is 11.8 Å². The van der Waals surface area contributed by atoms with Crippen molar-refractivity contribution < 1.29 is 23.8 Å². The van der Waals surface area contributed by atoms with Crippen LogP contribution in [0.5, 0.6) is 23.3 Å². The average molecular weight is 650 g/mol. The molecule has 0 spiro atoms. The molecule has 48 heavy (non-hydrogen) atoms. The Morgan fingerprint density at radius 2 is 1.56 bits per heavy atom. The Morgan fingerprint density at radius 3 is 2.25 bits per heavy atom. The van der Waals surface area contributed by atoms with Gasteiger partial charge >= 0.3 is 6.09 Å². The number of likely N-dealkylation sites (tertiary alicyclic amines) is 2. The third-order valence-electron chi connectivity index (χ3n) is 8.84. The maximum absolute atomic E-state index is 12.8. The molecule has 4 aromatic rings. The Labute approximate surface area is 282 Å². The lowest BCUT2D eigenvalue weighted by Gasteiger charge is -2.31. The van der Waals surface area contributed by atoms with Crippen molar-refractivity contribution in [3.63, 3.8) is 0 Å². The number of rotatable bonds is 10. The van der Waals surface area contributed by atoms with Gasteiger partial charge in [-0.1, -0.05) is 25.1 Å². The second kappa shape index (κ2) is 15.8. The molecule has 0 saturated carbocycles. The first-order valence-corrected chi connectivity index (χ1v) is 16.7. The zero-order chi connectivity index (χ0) is 33.3. The van der Waals surface area contributed by atoms with Gasteiger partial charge in [0.15, 0.2) is 0 Å². The number of aromatic nitrogens is 2. The predicted molar refractivity (Wildman–Crippen MR) is 184 cm³/mol. The minimum absolute atomic E-state index is 0.186. The number of carbonyl (C=O) groups excluding carboxylic acids is 2. The first-order valence-electron chi connectivity index (χ1n) is 16.7. The Bertz CT molecular complexity index is 1640. The third-order valence-corrected chi connectivity index (χ3v) is 8.84. The number of hydrogen-bond donors (Lipinski definition) is 1. The van der Waals surface area contributed by atoms with Crippen LogP contribution in [0.3, 0.4) is 0 Å². The normalized spacial score (nSPS) is 17.0. The van der Waals surface area contributed by atoms with Crippen LogP contribution < -0.4 is 19.5 Å². The minimum Gasteiger partial charge on any atom is -0.493 e. The lowest BCUT2D eigenvalue weighted by atomic mass is 9.98. The first-order chi connectivity index (χ1) is 23.4. The van der Waals surface area contributed by atoms with Gasteiger partial charge in [0.25, 0.3) is 5.91 Å². The lowest BCUT2D eigenvalue weighted by Crippen LogP contribution is -2.41. The molecular formula is C38H43N5O5. The quantitative estimate of drug-likeness (QED) is 0.190. The number of nitrogens with zero attached hydrogens (tertiary/aromatic N) is 4. The van der Waals surface area contributed by atoms with Crippen molar-refractivity contribution in [2.75, 3.05) is 38.1 Å². The fraction of sp³-hybridized carbons (Fsp3) is 0.368. The standard InChI is InChI=1S/C38H43N5O5/c1-27-5-15-35(39-22-27)47-34-13-11-33(12-14-34)46-26-30-17-20-43(21-18-30)38(45)48-36-16-10-32(23-40-36)41-37(44)31-8-6-29(7-9-31)25-42-19-3-4-28(2)24-42/h5-16,22-23,28,30H,3-4,17-21,24-26H2,1-2H3,(H,41,44). The van der Waals surface area contributed by atoms with E-state index in [4.69, 9.17) is 14.2 Å². The van der Waals surface area contributed by atoms with Crippen LogP contribution in [0, 0.1) is 18.8 Å². The largest absolute Gasteiger partial charge is 0.493 e. The summed E-state index contributed by atoms with van der Waals surface area (Å²) in [5, 5.41) is 2.87. The zero-order valence-corrected chi connectivity index (χ0v) is 27.6. The summed E-state index contributed by atoms with van der Waals surface area (Å²) in [6, 6.07) is 22.3. The van der Waals surface area contributed by atoms with Crippen molar-refractivity contribution in [1.29, 1.82) is 0 Å². The molecule has 250 valence electrons. The van der Waals surface area contributed by atoms with E-state index in [9.17, 15) is 9.59 Å². The van der Waals surface area contributed by atoms with Crippen LogP contribution in [0.15, 0.2) is 85.2 Å². The Balaban J connectivity index is 0.895. The summed E-state index contributed by atoms with van der Waals surface area (Å²) in [6.07, 6.45) is 6.99. The van der Waals surface area contributed by atoms with Gasteiger partial charge in [0.05, 0.1) is 18.5 Å². The third kappa shape index (κ3) is 9.32. The smallest absolute Gasteiger partial charge is 0.416 e. The molecule has 2 aromatic carbocycles. The monoisotopic (exact) mass is 649 g/mol. The molecule has 0 aliphatic carbocycles. The van der Waals surface area contributed by atoms with Crippen LogP contribution in [0.2, 0.25) is 0 Å². The highest BCUT2D eigenvalue weighted by Gasteiger charge is 2.25. The van der Waals surface area contributed by atoms with Gasteiger partial charge < -0.3 is 24.4 Å². The Morgan fingerprint density at radius 1 is 0.833 bits per heavy atom. The number of hydrogen-bond acceptors (Lipinski definition) is 8. The molecule has 0 bridgehead atoms. The maximum Gasteiger partial charge on any atom is 0.416 e. The molecule has 1 unspecified atom stereocenters. The molecule has 4 heterocycles. The van der Waals surface area contributed by atoms with Gasteiger partial charge in [-0.25, -0.2) is 14.8 Å². The highest BCUT2D eigenvalue weighted by atomic mass is 16.6. The molecule has 1 N–H and O–H groups in total. The summed E-state index contributed by atoms with van der Waals surface area (Å²) in [5.74, 6) is 3.04. The van der Waals surface area contributed by atoms with Crippen molar-refractivity contribution in [1.82, 2.24) is 19.8 Å². The van der Waals surface area contributed by atoms with Crippen molar-refractivity contribution in [3.05, 3.63) is 102 Å². The van der Waals surface area contributed by atoms with E-state index in [0.717, 1.165) is 49.7 Å². The van der Waals surface area contributed by atoms with E-state index in [2.05, 4.69) is 27.1 Å². The van der Waals surface area contributed by atoms with Gasteiger partial charge in [-0.3, -0.25) is 9.69 Å². The Kier molecular flexibility index (Phi) is 10.8. The summed E-state index contributed by atoms with van der Waals surface area (Å²) in [5.41, 5.74) is 3.39. The predicted octanol–water partition coefficient (Wildman–Crippen LogP) is 7.35. The number of amides is 2. The average Bonchev–Trinajstić information content (AvgIpc) is 3.10. The summed E-state index contributed by atoms with van der Waals surface area (Å²) < 4.78 is 17.3. The molecule has 2 saturated heterocycles. The van der Waals surface area contributed by atoms with Gasteiger partial charge in [-0.05, 0) is 105 Å². The summed E-state index contributed by atoms with van der Waals surface area (Å²) in [4.78, 5) is 38.3. The number of anilines is 1. The first kappa shape index (κ1) is 33.0. The molecule has 2 aliphatic rings. The number of aryl methyl sites for hydroxylation is 1. The number of nitrogens with one attached hydrogen (secondary N) is 1. The van der Waals surface area contributed by atoms with E-state index in [0.29, 0.717) is 48.5 Å². The SMILES string of the molecule is Cc1ccc(Oc2ccc(OCC3CCN(C(=O)Oc4ccc(NC(=O)c5ccc(CN6CCCC(C)C6)cc5)cn4)CC3)cc2)nc1. The number of benzene rings is 2. The van der Waals surface area contributed by atoms with E-state index in [-0.39, 0.29) is 11.8 Å². The fourth-order valence-corrected chi connectivity index (χ4v) is 6.06. The summed E-state index contributed by atoms with van der Waals surface area (Å²) in [7, 11) is 0. The van der Waals surface area contributed by atoms with Crippen LogP contribution in [0.25, 0.3) is 0 Å². The van der Waals surface area contributed by atoms with Crippen LogP contribution in [0.1, 0.15) is 54.1 Å². The maximum atomic E-state index is 12.8. The van der Waals surface area contributed by atoms with Gasteiger partial charge in [0, 0.05) is 50.1 Å². The topological polar surface area (TPSA) is 106 Å². The Hall–Kier alpha value is -4.96. The molecule has 10 nitrogen and oxygen atoms in total. The number of ether oxygens (including phenoxy) is 3. The fourth-order valence-electron chi connectivity index (χ4n) is 6.06. The van der Waals surface area contributed by atoms with Crippen molar-refractivity contribution in [2.45, 2.75) is 46.1 Å². The van der Waals surface area contributed by atoms with Gasteiger partial charge in [-0.2, -0.15) is 0 Å². The molecule has 2 aliphatic heterocycles. The molecule has 10 heteroatoms. The number of carbonyl (C=O) groups is 2. The van der Waals surface area contributed by atoms with E-state index >= 15 is 0 Å². The van der Waals surface area contributed by atoms with Gasteiger partial charge in [-0.15, -0.1) is 0 Å². The summed E-state index contributed by atoms with van der Waals surface area (Å²) in [6.45, 7) is 9.16. The summed E-state index contributed by atoms with van der Waals surface area (Å²) >= 11 is 0. The van der Waals surface area contributed by atoms with Crippen molar-refractivity contribution in [2.24, 2.45) is 11.8 Å². The molecule has 2 aromatic heterocycles. The van der Waals surface area contributed by atoms with Crippen LogP contribution in [0.4, 0.5) is 10.5 Å². The van der Waals surface area contributed by atoms with E-state index in [1.165, 1.54) is 24.6 Å². The molecule has 2 amide bonds. The molecule has 6 rings (SSSR count). The molecule has 1 atom stereocenters. The van der Waals surface area contributed by atoms with Gasteiger partial charge in [0.1, 0.15) is 11.5 Å². The highest BCUT2D eigenvalue weighted by molar-refractivity contribution is 6.04. The number of pyridine rings is 2. The minimum atomic E-state index is -0.434. The molecular weight excluding hydrogens is 606 g/mol. The molecule has 0 radical (unpaired) electrons.